The maximum Gasteiger partial charge on any atom is 0.276 e. The molecule has 2 heterocycles. The molecule has 0 saturated heterocycles. The van der Waals surface area contributed by atoms with Crippen LogP contribution in [-0.2, 0) is 6.54 Å². The minimum absolute atomic E-state index is 0.148. The largest absolute Gasteiger partial charge is 0.387 e. The van der Waals surface area contributed by atoms with Gasteiger partial charge in [-0.15, -0.1) is 0 Å². The number of fused-ring (bicyclic) bond motifs is 1. The summed E-state index contributed by atoms with van der Waals surface area (Å²) in [5.74, 6) is -0.324. The zero-order chi connectivity index (χ0) is 19.0. The number of aryl methyl sites for hydroxylation is 1. The van der Waals surface area contributed by atoms with E-state index in [0.717, 1.165) is 16.7 Å². The Bertz CT molecular complexity index is 1140. The number of hydrogen-bond donors (Lipinski definition) is 1. The molecule has 0 saturated carbocycles. The van der Waals surface area contributed by atoms with Gasteiger partial charge in [0.15, 0.2) is 0 Å². The molecule has 0 fully saturated rings. The second-order valence-electron chi connectivity index (χ2n) is 6.55. The predicted molar refractivity (Wildman–Crippen MR) is 101 cm³/mol. The van der Waals surface area contributed by atoms with Gasteiger partial charge in [0, 0.05) is 18.0 Å². The van der Waals surface area contributed by atoms with E-state index in [0.29, 0.717) is 11.2 Å². The van der Waals surface area contributed by atoms with E-state index in [4.69, 9.17) is 0 Å². The van der Waals surface area contributed by atoms with Gasteiger partial charge in [-0.1, -0.05) is 29.8 Å². The van der Waals surface area contributed by atoms with Gasteiger partial charge in [-0.25, -0.2) is 8.91 Å². The van der Waals surface area contributed by atoms with Crippen molar-refractivity contribution in [3.8, 4) is 11.3 Å². The summed E-state index contributed by atoms with van der Waals surface area (Å²) in [5, 5.41) is 14.8. The molecule has 1 atom stereocenters. The van der Waals surface area contributed by atoms with Crippen molar-refractivity contribution in [2.45, 2.75) is 19.6 Å². The van der Waals surface area contributed by atoms with Crippen LogP contribution in [0.3, 0.4) is 0 Å². The zero-order valence-electron chi connectivity index (χ0n) is 14.7. The molecular formula is C21H18FN3O2. The van der Waals surface area contributed by atoms with Crippen LogP contribution in [0.1, 0.15) is 17.2 Å². The summed E-state index contributed by atoms with van der Waals surface area (Å²) in [6.07, 6.45) is 2.49. The van der Waals surface area contributed by atoms with E-state index in [1.165, 1.54) is 21.2 Å². The Hall–Kier alpha value is -3.25. The Morgan fingerprint density at radius 1 is 1.07 bits per heavy atom. The monoisotopic (exact) mass is 363 g/mol. The third kappa shape index (κ3) is 3.39. The van der Waals surface area contributed by atoms with E-state index >= 15 is 0 Å². The molecule has 136 valence electrons. The van der Waals surface area contributed by atoms with Crippen molar-refractivity contribution in [2.75, 3.05) is 0 Å². The molecule has 0 amide bonds. The highest BCUT2D eigenvalue weighted by atomic mass is 19.1. The summed E-state index contributed by atoms with van der Waals surface area (Å²) in [5.41, 5.74) is 3.33. The first-order valence-electron chi connectivity index (χ1n) is 8.61. The van der Waals surface area contributed by atoms with Gasteiger partial charge in [0.25, 0.3) is 5.56 Å². The molecule has 2 aromatic carbocycles. The fourth-order valence-corrected chi connectivity index (χ4v) is 3.01. The van der Waals surface area contributed by atoms with Gasteiger partial charge in [0.1, 0.15) is 11.3 Å². The Morgan fingerprint density at radius 3 is 2.48 bits per heavy atom. The van der Waals surface area contributed by atoms with Crippen molar-refractivity contribution in [1.29, 1.82) is 0 Å². The Labute approximate surface area is 154 Å². The third-order valence-corrected chi connectivity index (χ3v) is 4.58. The van der Waals surface area contributed by atoms with Crippen molar-refractivity contribution in [3.63, 3.8) is 0 Å². The average Bonchev–Trinajstić information content (AvgIpc) is 3.10. The molecule has 1 N–H and O–H groups in total. The van der Waals surface area contributed by atoms with E-state index < -0.39 is 6.10 Å². The van der Waals surface area contributed by atoms with Crippen LogP contribution in [-0.4, -0.2) is 19.3 Å². The lowest BCUT2D eigenvalue weighted by Crippen LogP contribution is -2.24. The van der Waals surface area contributed by atoms with Crippen LogP contribution >= 0.6 is 0 Å². The molecule has 2 aromatic heterocycles. The number of halogens is 1. The molecule has 0 spiro atoms. The van der Waals surface area contributed by atoms with E-state index in [2.05, 4.69) is 5.10 Å². The lowest BCUT2D eigenvalue weighted by atomic mass is 10.1. The molecule has 0 aliphatic heterocycles. The normalized spacial score (nSPS) is 12.4. The minimum Gasteiger partial charge on any atom is -0.387 e. The maximum atomic E-state index is 13.1. The molecule has 27 heavy (non-hydrogen) atoms. The van der Waals surface area contributed by atoms with E-state index in [1.807, 2.05) is 31.2 Å². The number of rotatable bonds is 4. The summed E-state index contributed by atoms with van der Waals surface area (Å²) in [4.78, 5) is 12.8. The van der Waals surface area contributed by atoms with Crippen LogP contribution in [0, 0.1) is 12.7 Å². The average molecular weight is 363 g/mol. The van der Waals surface area contributed by atoms with Crippen molar-refractivity contribution < 1.29 is 9.50 Å². The summed E-state index contributed by atoms with van der Waals surface area (Å²) >= 11 is 0. The number of aliphatic hydroxyl groups is 1. The molecule has 0 aliphatic carbocycles. The highest BCUT2D eigenvalue weighted by Gasteiger charge is 2.13. The van der Waals surface area contributed by atoms with E-state index in [1.54, 1.807) is 30.6 Å². The van der Waals surface area contributed by atoms with Crippen molar-refractivity contribution in [1.82, 2.24) is 14.2 Å². The third-order valence-electron chi connectivity index (χ3n) is 4.58. The van der Waals surface area contributed by atoms with Gasteiger partial charge in [0.05, 0.1) is 18.3 Å². The number of aliphatic hydroxyl groups excluding tert-OH is 1. The quantitative estimate of drug-likeness (QED) is 0.605. The molecular weight excluding hydrogens is 345 g/mol. The lowest BCUT2D eigenvalue weighted by Gasteiger charge is -2.13. The highest BCUT2D eigenvalue weighted by molar-refractivity contribution is 5.65. The van der Waals surface area contributed by atoms with Crippen molar-refractivity contribution >= 4 is 5.52 Å². The van der Waals surface area contributed by atoms with Crippen LogP contribution in [0.5, 0.6) is 0 Å². The fraction of sp³-hybridized carbons (Fsp3) is 0.143. The summed E-state index contributed by atoms with van der Waals surface area (Å²) < 4.78 is 16.1. The first kappa shape index (κ1) is 17.2. The lowest BCUT2D eigenvalue weighted by molar-refractivity contribution is 0.155. The van der Waals surface area contributed by atoms with Gasteiger partial charge in [-0.2, -0.15) is 5.10 Å². The highest BCUT2D eigenvalue weighted by Crippen LogP contribution is 2.19. The summed E-state index contributed by atoms with van der Waals surface area (Å²) in [6, 6.07) is 15.2. The number of hydrogen-bond acceptors (Lipinski definition) is 3. The standard InChI is InChI=1S/C21H18FN3O2/c1-14-2-4-16(5-3-14)20(26)13-24-10-11-25-19(21(24)27)12-18(23-25)15-6-8-17(22)9-7-15/h2-12,20,26H,13H2,1H3/t20-/m1/s1. The van der Waals surface area contributed by atoms with Gasteiger partial charge >= 0.3 is 0 Å². The zero-order valence-corrected chi connectivity index (χ0v) is 14.7. The Morgan fingerprint density at radius 2 is 1.78 bits per heavy atom. The predicted octanol–water partition coefficient (Wildman–Crippen LogP) is 3.34. The van der Waals surface area contributed by atoms with Crippen LogP contribution in [0.4, 0.5) is 4.39 Å². The van der Waals surface area contributed by atoms with Crippen molar-refractivity contribution in [2.24, 2.45) is 0 Å². The summed E-state index contributed by atoms with van der Waals surface area (Å²) in [6.45, 7) is 2.13. The van der Waals surface area contributed by atoms with Crippen molar-refractivity contribution in [3.05, 3.63) is 94.3 Å². The first-order chi connectivity index (χ1) is 13.0. The molecule has 0 radical (unpaired) electrons. The van der Waals surface area contributed by atoms with Gasteiger partial charge < -0.3 is 9.67 Å². The Kier molecular flexibility index (Phi) is 4.33. The van der Waals surface area contributed by atoms with Gasteiger partial charge in [-0.3, -0.25) is 4.79 Å². The first-order valence-corrected chi connectivity index (χ1v) is 8.61. The minimum atomic E-state index is -0.787. The number of nitrogens with zero attached hydrogens (tertiary/aromatic N) is 3. The molecule has 0 aliphatic rings. The van der Waals surface area contributed by atoms with Gasteiger partial charge in [-0.05, 0) is 42.8 Å². The van der Waals surface area contributed by atoms with Crippen LogP contribution in [0.15, 0.2) is 71.8 Å². The number of benzene rings is 2. The van der Waals surface area contributed by atoms with E-state index in [-0.39, 0.29) is 17.9 Å². The molecule has 0 bridgehead atoms. The summed E-state index contributed by atoms with van der Waals surface area (Å²) in [7, 11) is 0. The molecule has 6 heteroatoms. The van der Waals surface area contributed by atoms with Gasteiger partial charge in [0.2, 0.25) is 0 Å². The van der Waals surface area contributed by atoms with Crippen LogP contribution in [0.2, 0.25) is 0 Å². The molecule has 5 nitrogen and oxygen atoms in total. The second kappa shape index (κ2) is 6.81. The molecule has 0 unspecified atom stereocenters. The smallest absolute Gasteiger partial charge is 0.276 e. The SMILES string of the molecule is Cc1ccc([C@H](O)Cn2ccn3nc(-c4ccc(F)cc4)cc3c2=O)cc1. The topological polar surface area (TPSA) is 59.5 Å². The molecule has 4 rings (SSSR count). The number of aromatic nitrogens is 3. The molecule has 4 aromatic rings. The fourth-order valence-electron chi connectivity index (χ4n) is 3.01. The van der Waals surface area contributed by atoms with Crippen LogP contribution < -0.4 is 5.56 Å². The maximum absolute atomic E-state index is 13.1. The van der Waals surface area contributed by atoms with Crippen LogP contribution in [0.25, 0.3) is 16.8 Å². The second-order valence-corrected chi connectivity index (χ2v) is 6.55. The Balaban J connectivity index is 1.66. The van der Waals surface area contributed by atoms with E-state index in [9.17, 15) is 14.3 Å².